The number of carboxylic acids is 1. The Morgan fingerprint density at radius 3 is 2.51 bits per heavy atom. The molecule has 180 valence electrons. The molecule has 0 spiro atoms. The molecule has 9 nitrogen and oxygen atoms in total. The third-order valence-corrected chi connectivity index (χ3v) is 6.44. The molecule has 1 N–H and O–H groups in total. The van der Waals surface area contributed by atoms with E-state index >= 15 is 0 Å². The first-order chi connectivity index (χ1) is 16.5. The van der Waals surface area contributed by atoms with Crippen LogP contribution in [-0.4, -0.2) is 31.0 Å². The quantitative estimate of drug-likeness (QED) is 0.475. The van der Waals surface area contributed by atoms with Crippen molar-refractivity contribution in [3.05, 3.63) is 96.7 Å². The van der Waals surface area contributed by atoms with Gasteiger partial charge in [-0.3, -0.25) is 13.9 Å². The molecule has 2 heterocycles. The molecule has 12 heteroatoms. The number of halogens is 3. The van der Waals surface area contributed by atoms with Crippen molar-refractivity contribution in [2.45, 2.75) is 24.6 Å². The van der Waals surface area contributed by atoms with Gasteiger partial charge >= 0.3 is 23.6 Å². The molecular weight excluding hydrogens is 471 g/mol. The molecule has 0 fully saturated rings. The summed E-state index contributed by atoms with van der Waals surface area (Å²) in [4.78, 5) is 50.4. The number of rotatable bonds is 3. The highest BCUT2D eigenvalue weighted by Crippen LogP contribution is 2.49. The minimum absolute atomic E-state index is 0.00630. The lowest BCUT2D eigenvalue weighted by molar-refractivity contribution is -0.201. The number of carboxylic acid groups (broad SMARTS) is 1. The zero-order chi connectivity index (χ0) is 25.3. The van der Waals surface area contributed by atoms with Gasteiger partial charge in [-0.05, 0) is 36.1 Å². The second kappa shape index (κ2) is 7.32. The summed E-state index contributed by atoms with van der Waals surface area (Å²) in [5.74, 6) is -2.51. The Morgan fingerprint density at radius 1 is 1.11 bits per heavy atom. The molecule has 1 atom stereocenters. The van der Waals surface area contributed by atoms with Gasteiger partial charge in [0.1, 0.15) is 5.56 Å². The number of carbonyl (C=O) groups is 1. The molecule has 0 saturated carbocycles. The first-order valence-corrected chi connectivity index (χ1v) is 10.3. The van der Waals surface area contributed by atoms with Gasteiger partial charge in [-0.1, -0.05) is 24.3 Å². The molecular formula is C23H16F3N3O6. The SMILES string of the molecule is Cn1c(=O)oc2cc(-n3cc(C(=O)O)c(=O)n([C@]4(C(F)(F)F)CCc5ccccc54)c3=O)ccc21. The van der Waals surface area contributed by atoms with Crippen molar-refractivity contribution in [2.24, 2.45) is 7.05 Å². The predicted octanol–water partition coefficient (Wildman–Crippen LogP) is 2.39. The summed E-state index contributed by atoms with van der Waals surface area (Å²) in [7, 11) is 1.44. The highest BCUT2D eigenvalue weighted by molar-refractivity contribution is 5.87. The maximum atomic E-state index is 14.8. The van der Waals surface area contributed by atoms with E-state index in [0.717, 1.165) is 0 Å². The van der Waals surface area contributed by atoms with Crippen LogP contribution < -0.4 is 17.0 Å². The van der Waals surface area contributed by atoms with Gasteiger partial charge in [0.15, 0.2) is 11.1 Å². The Morgan fingerprint density at radius 2 is 1.83 bits per heavy atom. The third-order valence-electron chi connectivity index (χ3n) is 6.44. The van der Waals surface area contributed by atoms with E-state index in [2.05, 4.69) is 0 Å². The number of oxazole rings is 1. The molecule has 2 aromatic carbocycles. The molecule has 5 rings (SSSR count). The van der Waals surface area contributed by atoms with Gasteiger partial charge in [0, 0.05) is 19.3 Å². The number of fused-ring (bicyclic) bond motifs is 2. The van der Waals surface area contributed by atoms with E-state index in [1.807, 2.05) is 0 Å². The molecule has 0 amide bonds. The van der Waals surface area contributed by atoms with Crippen LogP contribution in [-0.2, 0) is 19.0 Å². The number of aromatic carboxylic acids is 1. The fourth-order valence-corrected chi connectivity index (χ4v) is 4.74. The molecule has 0 radical (unpaired) electrons. The lowest BCUT2D eigenvalue weighted by Gasteiger charge is -2.34. The van der Waals surface area contributed by atoms with Crippen molar-refractivity contribution >= 4 is 17.1 Å². The number of benzene rings is 2. The molecule has 0 saturated heterocycles. The van der Waals surface area contributed by atoms with Crippen molar-refractivity contribution in [3.8, 4) is 5.69 Å². The molecule has 1 aliphatic rings. The van der Waals surface area contributed by atoms with Gasteiger partial charge < -0.3 is 9.52 Å². The van der Waals surface area contributed by atoms with Crippen molar-refractivity contribution < 1.29 is 27.5 Å². The average molecular weight is 487 g/mol. The van der Waals surface area contributed by atoms with Crippen LogP contribution in [0.4, 0.5) is 13.2 Å². The van der Waals surface area contributed by atoms with Crippen LogP contribution in [0.3, 0.4) is 0 Å². The Balaban J connectivity index is 1.90. The van der Waals surface area contributed by atoms with Gasteiger partial charge in [-0.25, -0.2) is 19.0 Å². The fraction of sp³-hybridized carbons (Fsp3) is 0.217. The maximum Gasteiger partial charge on any atom is 0.419 e. The highest BCUT2D eigenvalue weighted by Gasteiger charge is 2.62. The zero-order valence-electron chi connectivity index (χ0n) is 18.0. The van der Waals surface area contributed by atoms with Crippen LogP contribution in [0.15, 0.2) is 67.5 Å². The van der Waals surface area contributed by atoms with E-state index in [-0.39, 0.29) is 27.8 Å². The standard InChI is InChI=1S/C23H16F3N3O6/c1-27-16-7-6-13(10-17(16)35-21(27)34)28-11-14(19(31)32)18(30)29(20(28)33)22(23(24,25)26)9-8-12-4-2-3-5-15(12)22/h2-7,10-11H,8-9H2,1H3,(H,31,32)/t22-/m1/s1. The van der Waals surface area contributed by atoms with Crippen molar-refractivity contribution in [1.29, 1.82) is 0 Å². The third kappa shape index (κ3) is 3.02. The number of aromatic nitrogens is 3. The number of hydrogen-bond acceptors (Lipinski definition) is 5. The predicted molar refractivity (Wildman–Crippen MR) is 116 cm³/mol. The molecule has 2 aromatic heterocycles. The zero-order valence-corrected chi connectivity index (χ0v) is 18.0. The summed E-state index contributed by atoms with van der Waals surface area (Å²) in [5.41, 5.74) is -6.74. The van der Waals surface area contributed by atoms with Crippen LogP contribution in [0.1, 0.15) is 27.9 Å². The Kier molecular flexibility index (Phi) is 4.70. The topological polar surface area (TPSA) is 116 Å². The molecule has 4 aromatic rings. The maximum absolute atomic E-state index is 14.8. The Hall–Kier alpha value is -4.35. The van der Waals surface area contributed by atoms with Crippen LogP contribution >= 0.6 is 0 Å². The lowest BCUT2D eigenvalue weighted by atomic mass is 9.90. The largest absolute Gasteiger partial charge is 0.477 e. The molecule has 1 aliphatic carbocycles. The van der Waals surface area contributed by atoms with Crippen LogP contribution in [0.5, 0.6) is 0 Å². The van der Waals surface area contributed by atoms with Gasteiger partial charge in [-0.2, -0.15) is 13.2 Å². The molecule has 0 bridgehead atoms. The number of aryl methyl sites for hydroxylation is 2. The summed E-state index contributed by atoms with van der Waals surface area (Å²) in [6.45, 7) is 0. The van der Waals surface area contributed by atoms with Gasteiger partial charge in [0.25, 0.3) is 5.56 Å². The Labute approximate surface area is 192 Å². The van der Waals surface area contributed by atoms with Crippen LogP contribution in [0, 0.1) is 0 Å². The minimum atomic E-state index is -5.10. The van der Waals surface area contributed by atoms with E-state index < -0.39 is 46.7 Å². The van der Waals surface area contributed by atoms with Crippen molar-refractivity contribution in [1.82, 2.24) is 13.7 Å². The van der Waals surface area contributed by atoms with Gasteiger partial charge in [0.05, 0.1) is 11.2 Å². The minimum Gasteiger partial charge on any atom is -0.477 e. The van der Waals surface area contributed by atoms with E-state index in [1.165, 1.54) is 48.0 Å². The van der Waals surface area contributed by atoms with E-state index in [9.17, 15) is 37.5 Å². The Bertz CT molecular complexity index is 1710. The first-order valence-electron chi connectivity index (χ1n) is 10.3. The van der Waals surface area contributed by atoms with Gasteiger partial charge in [-0.15, -0.1) is 0 Å². The average Bonchev–Trinajstić information content (AvgIpc) is 3.32. The van der Waals surface area contributed by atoms with Crippen molar-refractivity contribution in [2.75, 3.05) is 0 Å². The summed E-state index contributed by atoms with van der Waals surface area (Å²) >= 11 is 0. The smallest absolute Gasteiger partial charge is 0.419 e. The van der Waals surface area contributed by atoms with E-state index in [0.29, 0.717) is 21.8 Å². The van der Waals surface area contributed by atoms with Crippen LogP contribution in [0.25, 0.3) is 16.8 Å². The summed E-state index contributed by atoms with van der Waals surface area (Å²) in [5, 5.41) is 9.62. The van der Waals surface area contributed by atoms with Gasteiger partial charge in [0.2, 0.25) is 0 Å². The number of alkyl halides is 3. The summed E-state index contributed by atoms with van der Waals surface area (Å²) < 4.78 is 51.2. The number of nitrogens with zero attached hydrogens (tertiary/aromatic N) is 3. The number of hydrogen-bond donors (Lipinski definition) is 1. The second-order valence-corrected chi connectivity index (χ2v) is 8.24. The molecule has 0 aliphatic heterocycles. The first kappa shape index (κ1) is 22.4. The normalized spacial score (nSPS) is 17.6. The fourth-order valence-electron chi connectivity index (χ4n) is 4.74. The highest BCUT2D eigenvalue weighted by atomic mass is 19.4. The van der Waals surface area contributed by atoms with Crippen molar-refractivity contribution in [3.63, 3.8) is 0 Å². The second-order valence-electron chi connectivity index (χ2n) is 8.24. The summed E-state index contributed by atoms with van der Waals surface area (Å²) in [6.07, 6.45) is -5.15. The monoisotopic (exact) mass is 487 g/mol. The summed E-state index contributed by atoms with van der Waals surface area (Å²) in [6, 6.07) is 9.47. The van der Waals surface area contributed by atoms with E-state index in [1.54, 1.807) is 6.07 Å². The van der Waals surface area contributed by atoms with Crippen LogP contribution in [0.2, 0.25) is 0 Å². The lowest BCUT2D eigenvalue weighted by Crippen LogP contribution is -2.59. The molecule has 0 unspecified atom stereocenters. The molecule has 35 heavy (non-hydrogen) atoms. The van der Waals surface area contributed by atoms with E-state index in [4.69, 9.17) is 4.42 Å².